The molecule has 0 unspecified atom stereocenters. The number of H-pyrrole nitrogens is 2. The zero-order valence-corrected chi connectivity index (χ0v) is 21.5. The highest BCUT2D eigenvalue weighted by molar-refractivity contribution is 5.96. The highest BCUT2D eigenvalue weighted by atomic mass is 16.1. The summed E-state index contributed by atoms with van der Waals surface area (Å²) >= 11 is 0. The van der Waals surface area contributed by atoms with E-state index >= 15 is 0 Å². The number of aryl methyl sites for hydroxylation is 1. The molecule has 6 aromatic rings. The number of fused-ring (bicyclic) bond motifs is 2. The average molecular weight is 518 g/mol. The zero-order chi connectivity index (χ0) is 26.3. The van der Waals surface area contributed by atoms with Crippen molar-refractivity contribution >= 4 is 33.5 Å². The smallest absolute Gasteiger partial charge is 0.227 e. The van der Waals surface area contributed by atoms with Gasteiger partial charge in [-0.1, -0.05) is 25.3 Å². The minimum Gasteiger partial charge on any atom is -0.336 e. The molecule has 1 amide bonds. The van der Waals surface area contributed by atoms with Crippen molar-refractivity contribution in [1.29, 1.82) is 0 Å². The number of para-hydroxylation sites is 1. The number of carbonyl (C=O) groups excluding carboxylic acids is 1. The molecule has 10 heteroatoms. The van der Waals surface area contributed by atoms with Crippen molar-refractivity contribution in [3.8, 4) is 28.5 Å². The van der Waals surface area contributed by atoms with Crippen LogP contribution in [0.1, 0.15) is 37.8 Å². The van der Waals surface area contributed by atoms with E-state index in [1.54, 1.807) is 24.9 Å². The maximum absolute atomic E-state index is 12.8. The van der Waals surface area contributed by atoms with Crippen molar-refractivity contribution < 1.29 is 4.79 Å². The third-order valence-corrected chi connectivity index (χ3v) is 7.43. The lowest BCUT2D eigenvalue weighted by atomic mass is 9.88. The fourth-order valence-corrected chi connectivity index (χ4v) is 5.40. The molecular weight excluding hydrogens is 490 g/mol. The van der Waals surface area contributed by atoms with E-state index in [4.69, 9.17) is 4.98 Å². The maximum Gasteiger partial charge on any atom is 0.227 e. The molecule has 5 aromatic heterocycles. The lowest BCUT2D eigenvalue weighted by Gasteiger charge is -2.20. The number of aromatic amines is 2. The topological polar surface area (TPSA) is 130 Å². The van der Waals surface area contributed by atoms with Gasteiger partial charge in [-0.2, -0.15) is 5.10 Å². The largest absolute Gasteiger partial charge is 0.336 e. The fourth-order valence-electron chi connectivity index (χ4n) is 5.40. The van der Waals surface area contributed by atoms with Crippen molar-refractivity contribution in [3.05, 3.63) is 67.1 Å². The summed E-state index contributed by atoms with van der Waals surface area (Å²) in [7, 11) is 0. The molecular formula is C29H27N9O. The number of rotatable bonds is 5. The van der Waals surface area contributed by atoms with E-state index in [0.29, 0.717) is 17.2 Å². The average Bonchev–Trinajstić information content (AvgIpc) is 3.71. The molecule has 0 bridgehead atoms. The van der Waals surface area contributed by atoms with Gasteiger partial charge in [-0.3, -0.25) is 19.9 Å². The van der Waals surface area contributed by atoms with Crippen LogP contribution in [0.25, 0.3) is 50.4 Å². The summed E-state index contributed by atoms with van der Waals surface area (Å²) in [5, 5.41) is 11.6. The summed E-state index contributed by atoms with van der Waals surface area (Å²) in [5.41, 5.74) is 7.35. The van der Waals surface area contributed by atoms with Crippen molar-refractivity contribution in [2.75, 3.05) is 5.32 Å². The fraction of sp³-hybridized carbons (Fsp3) is 0.241. The van der Waals surface area contributed by atoms with Gasteiger partial charge < -0.3 is 14.9 Å². The van der Waals surface area contributed by atoms with Gasteiger partial charge in [0, 0.05) is 29.3 Å². The van der Waals surface area contributed by atoms with Crippen LogP contribution in [0.15, 0.2) is 61.4 Å². The van der Waals surface area contributed by atoms with Crippen LogP contribution in [0.3, 0.4) is 0 Å². The van der Waals surface area contributed by atoms with Crippen LogP contribution in [0.4, 0.5) is 5.69 Å². The lowest BCUT2D eigenvalue weighted by molar-refractivity contribution is -0.120. The van der Waals surface area contributed by atoms with Crippen molar-refractivity contribution in [2.45, 2.75) is 39.0 Å². The number of pyridine rings is 2. The molecule has 39 heavy (non-hydrogen) atoms. The number of aromatic nitrogens is 8. The first-order chi connectivity index (χ1) is 19.1. The van der Waals surface area contributed by atoms with E-state index in [-0.39, 0.29) is 11.8 Å². The molecule has 0 spiro atoms. The molecule has 10 nitrogen and oxygen atoms in total. The normalized spacial score (nSPS) is 14.3. The highest BCUT2D eigenvalue weighted by Gasteiger charge is 2.21. The third-order valence-electron chi connectivity index (χ3n) is 7.43. The van der Waals surface area contributed by atoms with E-state index in [1.165, 1.54) is 6.42 Å². The molecule has 1 aliphatic carbocycles. The monoisotopic (exact) mass is 517 g/mol. The predicted molar refractivity (Wildman–Crippen MR) is 149 cm³/mol. The van der Waals surface area contributed by atoms with Gasteiger partial charge >= 0.3 is 0 Å². The van der Waals surface area contributed by atoms with Crippen LogP contribution < -0.4 is 5.32 Å². The Hall–Kier alpha value is -4.86. The van der Waals surface area contributed by atoms with Crippen molar-refractivity contribution in [2.24, 2.45) is 5.92 Å². The number of imidazole rings is 2. The number of nitrogens with zero attached hydrogens (tertiary/aromatic N) is 6. The van der Waals surface area contributed by atoms with Crippen LogP contribution in [0, 0.1) is 12.8 Å². The van der Waals surface area contributed by atoms with Crippen LogP contribution in [-0.2, 0) is 4.79 Å². The van der Waals surface area contributed by atoms with Crippen molar-refractivity contribution in [3.63, 3.8) is 0 Å². The standard InChI is InChI=1S/C29H27N9O/c1-17-15-38(16-32-17)25-9-5-8-22-27(25)35-28(34-22)26-21-11-23(31-14-24(21)36-37-26)19-10-20(13-30-12-19)33-29(39)18-6-3-2-4-7-18/h5,8-16,18H,2-4,6-7H2,1H3,(H,33,39)(H,34,35)(H,36,37). The van der Waals surface area contributed by atoms with E-state index in [9.17, 15) is 4.79 Å². The first kappa shape index (κ1) is 23.3. The number of hydrogen-bond acceptors (Lipinski definition) is 6. The van der Waals surface area contributed by atoms with Gasteiger partial charge in [-0.05, 0) is 44.0 Å². The summed E-state index contributed by atoms with van der Waals surface area (Å²) in [5.74, 6) is 0.807. The molecule has 0 radical (unpaired) electrons. The summed E-state index contributed by atoms with van der Waals surface area (Å²) in [6, 6.07) is 9.91. The first-order valence-corrected chi connectivity index (χ1v) is 13.2. The number of benzene rings is 1. The Balaban J connectivity index is 1.22. The second-order valence-electron chi connectivity index (χ2n) is 10.2. The van der Waals surface area contributed by atoms with Gasteiger partial charge in [0.2, 0.25) is 5.91 Å². The molecule has 0 saturated heterocycles. The van der Waals surface area contributed by atoms with Gasteiger partial charge in [0.05, 0.1) is 52.5 Å². The number of carbonyl (C=O) groups is 1. The van der Waals surface area contributed by atoms with Crippen LogP contribution >= 0.6 is 0 Å². The quantitative estimate of drug-likeness (QED) is 0.274. The van der Waals surface area contributed by atoms with Gasteiger partial charge in [-0.15, -0.1) is 0 Å². The van der Waals surface area contributed by atoms with Gasteiger partial charge in [-0.25, -0.2) is 9.97 Å². The van der Waals surface area contributed by atoms with E-state index < -0.39 is 0 Å². The number of amides is 1. The van der Waals surface area contributed by atoms with Gasteiger partial charge in [0.1, 0.15) is 11.2 Å². The molecule has 1 fully saturated rings. The Bertz CT molecular complexity index is 1820. The third kappa shape index (κ3) is 4.33. The molecule has 5 heterocycles. The van der Waals surface area contributed by atoms with Crippen molar-refractivity contribution in [1.82, 2.24) is 39.7 Å². The van der Waals surface area contributed by atoms with Gasteiger partial charge in [0.25, 0.3) is 0 Å². The summed E-state index contributed by atoms with van der Waals surface area (Å²) in [6.45, 7) is 1.96. The maximum atomic E-state index is 12.8. The number of anilines is 1. The Morgan fingerprint density at radius 1 is 1.05 bits per heavy atom. The van der Waals surface area contributed by atoms with Gasteiger partial charge in [0.15, 0.2) is 5.82 Å². The molecule has 3 N–H and O–H groups in total. The molecule has 0 atom stereocenters. The van der Waals surface area contributed by atoms with E-state index in [0.717, 1.165) is 70.3 Å². The predicted octanol–water partition coefficient (Wildman–Crippen LogP) is 5.58. The van der Waals surface area contributed by atoms with Crippen LogP contribution in [0.5, 0.6) is 0 Å². The first-order valence-electron chi connectivity index (χ1n) is 13.2. The van der Waals surface area contributed by atoms with Crippen LogP contribution in [0.2, 0.25) is 0 Å². The Labute approximate surface area is 223 Å². The lowest BCUT2D eigenvalue weighted by Crippen LogP contribution is -2.24. The molecule has 1 aliphatic rings. The molecule has 0 aliphatic heterocycles. The number of hydrogen-bond donors (Lipinski definition) is 3. The molecule has 1 aromatic carbocycles. The molecule has 194 valence electrons. The highest BCUT2D eigenvalue weighted by Crippen LogP contribution is 2.31. The molecule has 1 saturated carbocycles. The summed E-state index contributed by atoms with van der Waals surface area (Å²) in [6.07, 6.45) is 14.3. The Morgan fingerprint density at radius 2 is 1.95 bits per heavy atom. The number of nitrogens with one attached hydrogen (secondary N) is 3. The minimum atomic E-state index is 0.0734. The van der Waals surface area contributed by atoms with E-state index in [2.05, 4.69) is 35.5 Å². The second kappa shape index (κ2) is 9.46. The molecule has 7 rings (SSSR count). The van der Waals surface area contributed by atoms with E-state index in [1.807, 2.05) is 48.0 Å². The van der Waals surface area contributed by atoms with Crippen LogP contribution in [-0.4, -0.2) is 45.6 Å². The minimum absolute atomic E-state index is 0.0734. The second-order valence-corrected chi connectivity index (χ2v) is 10.2. The SMILES string of the molecule is Cc1cn(-c2cccc3[nH]c(-c4n[nH]c5cnc(-c6cncc(NC(=O)C7CCCCC7)c6)cc45)nc23)cn1. The summed E-state index contributed by atoms with van der Waals surface area (Å²) in [4.78, 5) is 34.5. The summed E-state index contributed by atoms with van der Waals surface area (Å²) < 4.78 is 1.97. The Morgan fingerprint density at radius 3 is 2.79 bits per heavy atom. The zero-order valence-electron chi connectivity index (χ0n) is 21.5. The Kier molecular flexibility index (Phi) is 5.65.